The first-order chi connectivity index (χ1) is 18.1. The first kappa shape index (κ1) is 35.3. The van der Waals surface area contributed by atoms with Crippen LogP contribution in [0.5, 0.6) is 0 Å². The average Bonchev–Trinajstić information content (AvgIpc) is 3.11. The topological polar surface area (TPSA) is 88.1 Å². The van der Waals surface area contributed by atoms with Gasteiger partial charge in [0.25, 0.3) is 0 Å². The molecule has 0 saturated carbocycles. The second-order valence-corrected chi connectivity index (χ2v) is 26.0. The Bertz CT molecular complexity index is 1070. The summed E-state index contributed by atoms with van der Waals surface area (Å²) in [5, 5.41) is 0.0576. The van der Waals surface area contributed by atoms with Crippen molar-refractivity contribution in [2.75, 3.05) is 19.5 Å². The lowest BCUT2D eigenvalue weighted by Crippen LogP contribution is -2.49. The first-order valence-corrected chi connectivity index (χ1v) is 21.8. The van der Waals surface area contributed by atoms with Crippen LogP contribution in [0, 0.1) is 12.8 Å². The molecule has 1 aromatic carbocycles. The Morgan fingerprint density at radius 2 is 1.50 bits per heavy atom. The summed E-state index contributed by atoms with van der Waals surface area (Å²) in [7, 11) is -6.24. The van der Waals surface area contributed by atoms with Gasteiger partial charge in [0.05, 0.1) is 41.7 Å². The summed E-state index contributed by atoms with van der Waals surface area (Å²) in [6.07, 6.45) is -0.316. The van der Waals surface area contributed by atoms with E-state index in [1.165, 1.54) is 0 Å². The van der Waals surface area contributed by atoms with Gasteiger partial charge in [0.15, 0.2) is 26.5 Å². The van der Waals surface area contributed by atoms with Gasteiger partial charge in [-0.3, -0.25) is 0 Å². The number of benzene rings is 1. The van der Waals surface area contributed by atoms with Crippen LogP contribution < -0.4 is 0 Å². The van der Waals surface area contributed by atoms with Gasteiger partial charge in [-0.15, -0.1) is 0 Å². The van der Waals surface area contributed by atoms with Crippen LogP contribution in [0.25, 0.3) is 0 Å². The Morgan fingerprint density at radius 1 is 0.950 bits per heavy atom. The van der Waals surface area contributed by atoms with Crippen LogP contribution >= 0.6 is 0 Å². The SMILES string of the molecule is CO[C@H]1[C@@H](CS(=O)(=O)c2ccc(C)cc2)[C@H](CC=O)O[C@@H]1CC(CO[Si](C)(C)C(C)(C)C)O[Si](C)(C)C(C)(C)C. The summed E-state index contributed by atoms with van der Waals surface area (Å²) in [6, 6.07) is 6.86. The lowest BCUT2D eigenvalue weighted by molar-refractivity contribution is -0.111. The van der Waals surface area contributed by atoms with E-state index in [4.69, 9.17) is 18.3 Å². The molecule has 10 heteroatoms. The second kappa shape index (κ2) is 13.2. The van der Waals surface area contributed by atoms with Crippen molar-refractivity contribution in [3.63, 3.8) is 0 Å². The van der Waals surface area contributed by atoms with Crippen LogP contribution in [0.2, 0.25) is 36.3 Å². The molecule has 5 atom stereocenters. The van der Waals surface area contributed by atoms with Gasteiger partial charge in [-0.05, 0) is 55.3 Å². The van der Waals surface area contributed by atoms with Gasteiger partial charge in [-0.1, -0.05) is 59.2 Å². The Labute approximate surface area is 245 Å². The van der Waals surface area contributed by atoms with E-state index in [1.54, 1.807) is 31.4 Å². The molecule has 0 aliphatic carbocycles. The summed E-state index contributed by atoms with van der Waals surface area (Å²) in [4.78, 5) is 11.9. The highest BCUT2D eigenvalue weighted by atomic mass is 32.2. The minimum atomic E-state index is -3.62. The number of methoxy groups -OCH3 is 1. The van der Waals surface area contributed by atoms with Crippen LogP contribution in [-0.4, -0.2) is 75.2 Å². The molecule has 1 saturated heterocycles. The molecule has 0 bridgehead atoms. The van der Waals surface area contributed by atoms with E-state index in [9.17, 15) is 13.2 Å². The molecule has 2 rings (SSSR count). The Kier molecular flexibility index (Phi) is 11.6. The molecule has 0 aromatic heterocycles. The maximum absolute atomic E-state index is 13.4. The fraction of sp³-hybridized carbons (Fsp3) is 0.767. The quantitative estimate of drug-likeness (QED) is 0.184. The molecule has 1 fully saturated rings. The molecule has 40 heavy (non-hydrogen) atoms. The molecule has 0 amide bonds. The lowest BCUT2D eigenvalue weighted by Gasteiger charge is -2.42. The van der Waals surface area contributed by atoms with Crippen molar-refractivity contribution in [1.29, 1.82) is 0 Å². The highest BCUT2D eigenvalue weighted by Gasteiger charge is 2.49. The largest absolute Gasteiger partial charge is 0.414 e. The van der Waals surface area contributed by atoms with E-state index in [1.807, 2.05) is 6.92 Å². The maximum atomic E-state index is 13.4. The molecule has 230 valence electrons. The molecule has 1 unspecified atom stereocenters. The highest BCUT2D eigenvalue weighted by Crippen LogP contribution is 2.41. The van der Waals surface area contributed by atoms with Gasteiger partial charge in [0.1, 0.15) is 6.29 Å². The van der Waals surface area contributed by atoms with Crippen LogP contribution in [0.3, 0.4) is 0 Å². The normalized spacial score (nSPS) is 23.8. The van der Waals surface area contributed by atoms with Gasteiger partial charge >= 0.3 is 0 Å². The van der Waals surface area contributed by atoms with Gasteiger partial charge < -0.3 is 23.1 Å². The molecule has 1 aliphatic rings. The van der Waals surface area contributed by atoms with Gasteiger partial charge in [-0.2, -0.15) is 0 Å². The molecule has 0 N–H and O–H groups in total. The molecule has 7 nitrogen and oxygen atoms in total. The third-order valence-electron chi connectivity index (χ3n) is 9.21. The number of hydrogen-bond acceptors (Lipinski definition) is 7. The number of sulfone groups is 1. The van der Waals surface area contributed by atoms with E-state index < -0.39 is 50.7 Å². The molecular weight excluding hydrogens is 561 g/mol. The molecule has 1 aliphatic heterocycles. The number of rotatable bonds is 13. The minimum absolute atomic E-state index is 0.00409. The van der Waals surface area contributed by atoms with Gasteiger partial charge in [0, 0.05) is 25.9 Å². The van der Waals surface area contributed by atoms with E-state index in [2.05, 4.69) is 67.7 Å². The predicted octanol–water partition coefficient (Wildman–Crippen LogP) is 6.56. The number of carbonyl (C=O) groups excluding carboxylic acids is 1. The zero-order chi connectivity index (χ0) is 30.7. The van der Waals surface area contributed by atoms with E-state index in [0.717, 1.165) is 11.8 Å². The highest BCUT2D eigenvalue weighted by molar-refractivity contribution is 7.91. The second-order valence-electron chi connectivity index (χ2n) is 14.4. The Morgan fingerprint density at radius 3 is 1.98 bits per heavy atom. The van der Waals surface area contributed by atoms with E-state index >= 15 is 0 Å². The van der Waals surface area contributed by atoms with Crippen molar-refractivity contribution in [3.05, 3.63) is 29.8 Å². The summed E-state index contributed by atoms with van der Waals surface area (Å²) < 4.78 is 52.7. The number of carbonyl (C=O) groups is 1. The third kappa shape index (κ3) is 8.81. The van der Waals surface area contributed by atoms with Gasteiger partial charge in [-0.25, -0.2) is 8.42 Å². The van der Waals surface area contributed by atoms with Gasteiger partial charge in [0.2, 0.25) is 0 Å². The van der Waals surface area contributed by atoms with E-state index in [0.29, 0.717) is 13.0 Å². The molecule has 0 spiro atoms. The fourth-order valence-corrected chi connectivity index (χ4v) is 8.59. The summed E-state index contributed by atoms with van der Waals surface area (Å²) in [6.45, 7) is 24.5. The zero-order valence-corrected chi connectivity index (χ0v) is 29.7. The number of aryl methyl sites for hydroxylation is 1. The summed E-state index contributed by atoms with van der Waals surface area (Å²) >= 11 is 0. The van der Waals surface area contributed by atoms with Crippen molar-refractivity contribution in [3.8, 4) is 0 Å². The lowest BCUT2D eigenvalue weighted by atomic mass is 9.94. The first-order valence-electron chi connectivity index (χ1n) is 14.4. The van der Waals surface area contributed by atoms with Crippen molar-refractivity contribution in [2.24, 2.45) is 5.92 Å². The van der Waals surface area contributed by atoms with Crippen LogP contribution in [0.15, 0.2) is 29.2 Å². The predicted molar refractivity (Wildman–Crippen MR) is 167 cm³/mol. The number of aldehydes is 1. The maximum Gasteiger partial charge on any atom is 0.192 e. The Balaban J connectivity index is 2.36. The third-order valence-corrected chi connectivity index (χ3v) is 20.1. The van der Waals surface area contributed by atoms with E-state index in [-0.39, 0.29) is 33.2 Å². The Hall–Kier alpha value is -0.886. The molecular formula is C30H54O7SSi2. The monoisotopic (exact) mass is 614 g/mol. The smallest absolute Gasteiger partial charge is 0.192 e. The van der Waals surface area contributed by atoms with Crippen molar-refractivity contribution in [2.45, 2.75) is 127 Å². The average molecular weight is 615 g/mol. The molecule has 1 aromatic rings. The number of ether oxygens (including phenoxy) is 2. The van der Waals surface area contributed by atoms with Crippen molar-refractivity contribution in [1.82, 2.24) is 0 Å². The zero-order valence-electron chi connectivity index (χ0n) is 26.9. The fourth-order valence-electron chi connectivity index (χ4n) is 4.55. The van der Waals surface area contributed by atoms with Crippen molar-refractivity contribution >= 4 is 32.8 Å². The van der Waals surface area contributed by atoms with Crippen LogP contribution in [0.1, 0.15) is 59.9 Å². The standard InChI is InChI=1S/C30H54O7SSi2/c1-22-13-15-24(16-14-22)38(32,33)21-25-26(17-18-31)36-27(28(25)34-8)19-23(37-40(11,12)30(5,6)7)20-35-39(9,10)29(2,3)4/h13-16,18,23,25-28H,17,19-21H2,1-12H3/t23?,25-,26-,27+,28-/m0/s1. The number of hydrogen-bond donors (Lipinski definition) is 0. The summed E-state index contributed by atoms with van der Waals surface area (Å²) in [5.74, 6) is -0.640. The summed E-state index contributed by atoms with van der Waals surface area (Å²) in [5.41, 5.74) is 0.990. The van der Waals surface area contributed by atoms with Crippen LogP contribution in [0.4, 0.5) is 0 Å². The minimum Gasteiger partial charge on any atom is -0.414 e. The van der Waals surface area contributed by atoms with Crippen LogP contribution in [-0.2, 0) is 33.0 Å². The van der Waals surface area contributed by atoms with Crippen molar-refractivity contribution < 1.29 is 31.5 Å². The molecule has 1 heterocycles. The molecule has 0 radical (unpaired) electrons.